The van der Waals surface area contributed by atoms with E-state index in [4.69, 9.17) is 0 Å². The molecule has 8 heteroatoms. The molecule has 0 unspecified atom stereocenters. The zero-order valence-corrected chi connectivity index (χ0v) is 19.2. The number of fused-ring (bicyclic) bond motifs is 2. The van der Waals surface area contributed by atoms with E-state index in [1.165, 1.54) is 0 Å². The summed E-state index contributed by atoms with van der Waals surface area (Å²) in [6.07, 6.45) is 0.171. The molecule has 0 aliphatic heterocycles. The number of hydrogen-bond donors (Lipinski definition) is 1. The Kier molecular flexibility index (Phi) is 6.05. The van der Waals surface area contributed by atoms with Gasteiger partial charge in [0.1, 0.15) is 11.4 Å². The van der Waals surface area contributed by atoms with Crippen molar-refractivity contribution in [3.05, 3.63) is 78.2 Å². The normalized spacial score (nSPS) is 18.5. The number of pyridine rings is 2. The van der Waals surface area contributed by atoms with Gasteiger partial charge in [-0.15, -0.1) is 0 Å². The predicted octanol–water partition coefficient (Wildman–Crippen LogP) is 5.98. The average Bonchev–Trinajstić information content (AvgIpc) is 2.87. The second kappa shape index (κ2) is 9.17. The Morgan fingerprint density at radius 2 is 1.66 bits per heavy atom. The molecule has 0 saturated heterocycles. The van der Waals surface area contributed by atoms with Crippen LogP contribution in [0.5, 0.6) is 0 Å². The van der Waals surface area contributed by atoms with Crippen molar-refractivity contribution in [1.82, 2.24) is 15.3 Å². The van der Waals surface area contributed by atoms with Gasteiger partial charge in [-0.05, 0) is 49.3 Å². The van der Waals surface area contributed by atoms with Crippen LogP contribution in [-0.2, 0) is 6.18 Å². The van der Waals surface area contributed by atoms with Crippen LogP contribution < -0.4 is 10.2 Å². The number of rotatable bonds is 4. The monoisotopic (exact) mass is 478 g/mol. The fraction of sp³-hybridized carbons (Fsp3) is 0.296. The Hall–Kier alpha value is -3.68. The van der Waals surface area contributed by atoms with Crippen molar-refractivity contribution in [2.45, 2.75) is 43.9 Å². The van der Waals surface area contributed by atoms with Gasteiger partial charge in [0, 0.05) is 41.8 Å². The zero-order chi connectivity index (χ0) is 24.6. The number of amides is 1. The molecule has 1 aliphatic rings. The second-order valence-electron chi connectivity index (χ2n) is 9.05. The van der Waals surface area contributed by atoms with Crippen LogP contribution in [0.1, 0.15) is 41.9 Å². The number of halogens is 3. The van der Waals surface area contributed by atoms with E-state index < -0.39 is 11.9 Å². The molecule has 2 heterocycles. The maximum absolute atomic E-state index is 13.5. The summed E-state index contributed by atoms with van der Waals surface area (Å²) < 4.78 is 40.4. The molecule has 2 aromatic carbocycles. The summed E-state index contributed by atoms with van der Waals surface area (Å²) in [5.41, 5.74) is 0.344. The number of aromatic nitrogens is 2. The van der Waals surface area contributed by atoms with E-state index in [9.17, 15) is 18.0 Å². The van der Waals surface area contributed by atoms with Crippen molar-refractivity contribution >= 4 is 33.3 Å². The summed E-state index contributed by atoms with van der Waals surface area (Å²) in [4.78, 5) is 22.8. The van der Waals surface area contributed by atoms with Gasteiger partial charge in [-0.1, -0.05) is 42.5 Å². The number of anilines is 1. The molecule has 4 aromatic rings. The molecule has 180 valence electrons. The third kappa shape index (κ3) is 4.78. The van der Waals surface area contributed by atoms with E-state index in [2.05, 4.69) is 15.3 Å². The first-order valence-electron chi connectivity index (χ1n) is 11.6. The predicted molar refractivity (Wildman–Crippen MR) is 130 cm³/mol. The fourth-order valence-corrected chi connectivity index (χ4v) is 4.87. The van der Waals surface area contributed by atoms with E-state index in [0.717, 1.165) is 42.5 Å². The van der Waals surface area contributed by atoms with Gasteiger partial charge in [0.05, 0.1) is 5.52 Å². The first-order chi connectivity index (χ1) is 16.8. The van der Waals surface area contributed by atoms with E-state index in [1.54, 1.807) is 30.5 Å². The van der Waals surface area contributed by atoms with Gasteiger partial charge < -0.3 is 10.2 Å². The minimum atomic E-state index is -4.52. The summed E-state index contributed by atoms with van der Waals surface area (Å²) in [5.74, 6) is -0.206. The lowest BCUT2D eigenvalue weighted by Crippen LogP contribution is -2.43. The quantitative estimate of drug-likeness (QED) is 0.392. The SMILES string of the molecule is CN(c1cc(C(F)(F)F)nc2ccccc12)C1CCC(NC(=O)c2cc3ccccc3cn2)CC1. The molecule has 0 radical (unpaired) electrons. The zero-order valence-electron chi connectivity index (χ0n) is 19.2. The minimum absolute atomic E-state index is 0.000315. The molecule has 1 amide bonds. The first-order valence-corrected chi connectivity index (χ1v) is 11.6. The number of alkyl halides is 3. The Morgan fingerprint density at radius 1 is 0.971 bits per heavy atom. The van der Waals surface area contributed by atoms with E-state index >= 15 is 0 Å². The van der Waals surface area contributed by atoms with E-state index in [-0.39, 0.29) is 18.0 Å². The number of hydrogen-bond acceptors (Lipinski definition) is 4. The minimum Gasteiger partial charge on any atom is -0.371 e. The Bertz CT molecular complexity index is 1380. The van der Waals surface area contributed by atoms with Crippen molar-refractivity contribution < 1.29 is 18.0 Å². The molecule has 1 aliphatic carbocycles. The smallest absolute Gasteiger partial charge is 0.371 e. The molecule has 0 atom stereocenters. The maximum atomic E-state index is 13.5. The number of benzene rings is 2. The molecule has 1 saturated carbocycles. The first kappa shape index (κ1) is 23.1. The van der Waals surface area contributed by atoms with Crippen LogP contribution in [0.3, 0.4) is 0 Å². The van der Waals surface area contributed by atoms with Crippen LogP contribution in [0.15, 0.2) is 66.9 Å². The number of carbonyl (C=O) groups is 1. The van der Waals surface area contributed by atoms with Crippen LogP contribution in [0.4, 0.5) is 18.9 Å². The Morgan fingerprint density at radius 3 is 2.40 bits per heavy atom. The number of nitrogens with zero attached hydrogens (tertiary/aromatic N) is 3. The highest BCUT2D eigenvalue weighted by Crippen LogP contribution is 2.36. The van der Waals surface area contributed by atoms with Crippen molar-refractivity contribution in [1.29, 1.82) is 0 Å². The lowest BCUT2D eigenvalue weighted by Gasteiger charge is -2.36. The maximum Gasteiger partial charge on any atom is 0.433 e. The van der Waals surface area contributed by atoms with Crippen LogP contribution in [0.25, 0.3) is 21.7 Å². The molecule has 1 N–H and O–H groups in total. The van der Waals surface area contributed by atoms with Gasteiger partial charge in [0.25, 0.3) is 5.91 Å². The Balaban J connectivity index is 1.28. The number of para-hydroxylation sites is 1. The molecule has 0 bridgehead atoms. The van der Waals surface area contributed by atoms with Gasteiger partial charge in [-0.3, -0.25) is 9.78 Å². The molecule has 2 aromatic heterocycles. The largest absolute Gasteiger partial charge is 0.433 e. The van der Waals surface area contributed by atoms with Crippen LogP contribution in [0, 0.1) is 0 Å². The third-order valence-corrected chi connectivity index (χ3v) is 6.81. The van der Waals surface area contributed by atoms with Gasteiger partial charge >= 0.3 is 6.18 Å². The van der Waals surface area contributed by atoms with E-state index in [1.807, 2.05) is 42.3 Å². The number of nitrogens with one attached hydrogen (secondary N) is 1. The van der Waals surface area contributed by atoms with Gasteiger partial charge in [-0.2, -0.15) is 13.2 Å². The summed E-state index contributed by atoms with van der Waals surface area (Å²) in [5, 5.41) is 5.71. The molecule has 35 heavy (non-hydrogen) atoms. The summed E-state index contributed by atoms with van der Waals surface area (Å²) >= 11 is 0. The van der Waals surface area contributed by atoms with Crippen molar-refractivity contribution in [3.63, 3.8) is 0 Å². The van der Waals surface area contributed by atoms with Crippen LogP contribution in [-0.4, -0.2) is 35.0 Å². The van der Waals surface area contributed by atoms with Gasteiger partial charge in [0.15, 0.2) is 0 Å². The van der Waals surface area contributed by atoms with E-state index in [0.29, 0.717) is 22.3 Å². The topological polar surface area (TPSA) is 58.1 Å². The third-order valence-electron chi connectivity index (χ3n) is 6.81. The fourth-order valence-electron chi connectivity index (χ4n) is 4.87. The highest BCUT2D eigenvalue weighted by Gasteiger charge is 2.34. The van der Waals surface area contributed by atoms with Crippen molar-refractivity contribution in [2.24, 2.45) is 0 Å². The summed E-state index contributed by atoms with van der Waals surface area (Å²) in [6, 6.07) is 17.6. The van der Waals surface area contributed by atoms with Gasteiger partial charge in [0.2, 0.25) is 0 Å². The van der Waals surface area contributed by atoms with Crippen LogP contribution >= 0.6 is 0 Å². The summed E-state index contributed by atoms with van der Waals surface area (Å²) in [7, 11) is 1.84. The Labute approximate surface area is 201 Å². The average molecular weight is 479 g/mol. The van der Waals surface area contributed by atoms with Crippen molar-refractivity contribution in [3.8, 4) is 0 Å². The highest BCUT2D eigenvalue weighted by atomic mass is 19.4. The molecular weight excluding hydrogens is 453 g/mol. The van der Waals surface area contributed by atoms with Gasteiger partial charge in [-0.25, -0.2) is 4.98 Å². The number of carbonyl (C=O) groups excluding carboxylic acids is 1. The highest BCUT2D eigenvalue weighted by molar-refractivity contribution is 5.96. The summed E-state index contributed by atoms with van der Waals surface area (Å²) in [6.45, 7) is 0. The lowest BCUT2D eigenvalue weighted by atomic mass is 9.89. The molecule has 5 rings (SSSR count). The van der Waals surface area contributed by atoms with Crippen LogP contribution in [0.2, 0.25) is 0 Å². The molecule has 1 fully saturated rings. The van der Waals surface area contributed by atoms with Crippen molar-refractivity contribution in [2.75, 3.05) is 11.9 Å². The molecule has 5 nitrogen and oxygen atoms in total. The molecule has 0 spiro atoms. The molecular formula is C27H25F3N4O. The standard InChI is InChI=1S/C27H25F3N4O/c1-34(24-15-25(27(28,29)30)33-22-9-5-4-8-21(22)24)20-12-10-19(11-13-20)32-26(35)23-14-17-6-2-3-7-18(17)16-31-23/h2-9,14-16,19-20H,10-13H2,1H3,(H,32,35). The lowest BCUT2D eigenvalue weighted by molar-refractivity contribution is -0.140. The second-order valence-corrected chi connectivity index (χ2v) is 9.05.